The van der Waals surface area contributed by atoms with E-state index in [9.17, 15) is 4.79 Å². The van der Waals surface area contributed by atoms with Gasteiger partial charge < -0.3 is 8.84 Å². The number of carbonyl (C=O) groups is 1. The van der Waals surface area contributed by atoms with Gasteiger partial charge in [0.2, 0.25) is 20.8 Å². The average Bonchev–Trinajstić information content (AvgIpc) is 3.59. The first-order valence-corrected chi connectivity index (χ1v) is 19.3. The molecule has 0 N–H and O–H groups in total. The SMILES string of the molecule is CC(C)(C)c1cccc2c1CCCC2(O[SiH](c1ccccc1)c1ccccc1)N1C(=O)CC1c1nc(-c2ccccc2)c(-c2ccccc2)o1. The van der Waals surface area contributed by atoms with Gasteiger partial charge in [0.05, 0.1) is 6.42 Å². The summed E-state index contributed by atoms with van der Waals surface area (Å²) in [4.78, 5) is 21.5. The molecular formula is C44H42N2O3Si. The van der Waals surface area contributed by atoms with Gasteiger partial charge in [0.1, 0.15) is 11.7 Å². The van der Waals surface area contributed by atoms with E-state index in [0.717, 1.165) is 35.2 Å². The summed E-state index contributed by atoms with van der Waals surface area (Å²) in [6.07, 6.45) is 2.85. The predicted octanol–water partition coefficient (Wildman–Crippen LogP) is 8.32. The van der Waals surface area contributed by atoms with Crippen LogP contribution in [0.1, 0.15) is 68.7 Å². The van der Waals surface area contributed by atoms with Crippen LogP contribution in [0.5, 0.6) is 0 Å². The molecule has 5 aromatic carbocycles. The van der Waals surface area contributed by atoms with Gasteiger partial charge in [-0.2, -0.15) is 0 Å². The Morgan fingerprint density at radius 1 is 0.760 bits per heavy atom. The standard InChI is InChI=1S/C44H42N2O3Si/c1-43(2,3)36-27-16-28-37-35(36)26-17-29-44(37,49-50(33-22-12-6-13-23-33)34-24-14-7-15-25-34)46-38(30-39(46)47)42-45-40(31-18-8-4-9-19-31)41(48-42)32-20-10-5-11-21-32/h4-16,18-25,27-28,38,50H,17,26,29-30H2,1-3H3. The molecule has 1 aromatic heterocycles. The Kier molecular flexibility index (Phi) is 8.37. The molecule has 5 nitrogen and oxygen atoms in total. The van der Waals surface area contributed by atoms with E-state index < -0.39 is 14.8 Å². The average molecular weight is 675 g/mol. The molecule has 8 rings (SSSR count). The minimum absolute atomic E-state index is 0.0543. The van der Waals surface area contributed by atoms with Crippen LogP contribution in [0.3, 0.4) is 0 Å². The summed E-state index contributed by atoms with van der Waals surface area (Å²) in [7, 11) is -2.34. The van der Waals surface area contributed by atoms with Gasteiger partial charge in [0, 0.05) is 16.7 Å². The van der Waals surface area contributed by atoms with Crippen molar-refractivity contribution in [2.45, 2.75) is 63.6 Å². The molecule has 0 radical (unpaired) electrons. The molecule has 1 aliphatic carbocycles. The molecule has 2 heterocycles. The number of β-lactam (4-membered cyclic amide) rings is 1. The van der Waals surface area contributed by atoms with Crippen LogP contribution in [0.4, 0.5) is 0 Å². The van der Waals surface area contributed by atoms with Crippen molar-refractivity contribution in [3.05, 3.63) is 162 Å². The molecule has 50 heavy (non-hydrogen) atoms. The molecule has 1 aliphatic heterocycles. The number of carbonyl (C=O) groups excluding carboxylic acids is 1. The van der Waals surface area contributed by atoms with Gasteiger partial charge in [0.15, 0.2) is 11.5 Å². The topological polar surface area (TPSA) is 55.6 Å². The van der Waals surface area contributed by atoms with Gasteiger partial charge in [-0.15, -0.1) is 0 Å². The third-order valence-electron chi connectivity index (χ3n) is 10.2. The molecule has 1 saturated heterocycles. The maximum atomic E-state index is 14.3. The third-order valence-corrected chi connectivity index (χ3v) is 12.8. The fraction of sp³-hybridized carbons (Fsp3) is 0.227. The van der Waals surface area contributed by atoms with Gasteiger partial charge in [0.25, 0.3) is 0 Å². The lowest BCUT2D eigenvalue weighted by Crippen LogP contribution is -2.64. The molecule has 0 spiro atoms. The van der Waals surface area contributed by atoms with Crippen LogP contribution in [0.25, 0.3) is 22.6 Å². The van der Waals surface area contributed by atoms with Crippen LogP contribution < -0.4 is 10.4 Å². The van der Waals surface area contributed by atoms with Crippen LogP contribution in [-0.4, -0.2) is 24.8 Å². The molecule has 2 atom stereocenters. The number of hydrogen-bond acceptors (Lipinski definition) is 4. The molecule has 1 amide bonds. The fourth-order valence-electron chi connectivity index (χ4n) is 7.90. The first-order chi connectivity index (χ1) is 24.3. The Morgan fingerprint density at radius 2 is 1.34 bits per heavy atom. The fourth-order valence-corrected chi connectivity index (χ4v) is 10.4. The zero-order valence-electron chi connectivity index (χ0n) is 28.9. The summed E-state index contributed by atoms with van der Waals surface area (Å²) in [6.45, 7) is 6.81. The summed E-state index contributed by atoms with van der Waals surface area (Å²) < 4.78 is 14.5. The molecule has 250 valence electrons. The second-order valence-electron chi connectivity index (χ2n) is 14.5. The lowest BCUT2D eigenvalue weighted by molar-refractivity contribution is -0.193. The number of fused-ring (bicyclic) bond motifs is 1. The van der Waals surface area contributed by atoms with Gasteiger partial charge in [-0.05, 0) is 46.2 Å². The van der Waals surface area contributed by atoms with Gasteiger partial charge in [-0.1, -0.05) is 160 Å². The first kappa shape index (κ1) is 32.2. The van der Waals surface area contributed by atoms with Crippen molar-refractivity contribution in [3.8, 4) is 22.6 Å². The van der Waals surface area contributed by atoms with E-state index >= 15 is 0 Å². The Balaban J connectivity index is 1.32. The summed E-state index contributed by atoms with van der Waals surface area (Å²) in [5.74, 6) is 1.31. The summed E-state index contributed by atoms with van der Waals surface area (Å²) in [6, 6.07) is 47.6. The molecule has 0 saturated carbocycles. The maximum Gasteiger partial charge on any atom is 0.243 e. The van der Waals surface area contributed by atoms with E-state index in [1.54, 1.807) is 0 Å². The van der Waals surface area contributed by atoms with E-state index in [-0.39, 0.29) is 17.4 Å². The molecular weight excluding hydrogens is 633 g/mol. The first-order valence-electron chi connectivity index (χ1n) is 17.7. The second kappa shape index (κ2) is 13.0. The van der Waals surface area contributed by atoms with E-state index in [1.165, 1.54) is 21.5 Å². The minimum atomic E-state index is -2.34. The molecule has 0 bridgehead atoms. The van der Waals surface area contributed by atoms with Crippen LogP contribution >= 0.6 is 0 Å². The lowest BCUT2D eigenvalue weighted by atomic mass is 9.74. The zero-order chi connectivity index (χ0) is 34.3. The van der Waals surface area contributed by atoms with Gasteiger partial charge >= 0.3 is 0 Å². The van der Waals surface area contributed by atoms with Crippen molar-refractivity contribution in [1.29, 1.82) is 0 Å². The highest BCUT2D eigenvalue weighted by molar-refractivity contribution is 6.80. The zero-order valence-corrected chi connectivity index (χ0v) is 30.0. The Labute approximate surface area is 296 Å². The van der Waals surface area contributed by atoms with Crippen molar-refractivity contribution in [1.82, 2.24) is 9.88 Å². The normalized spacial score (nSPS) is 18.9. The Bertz CT molecular complexity index is 2010. The van der Waals surface area contributed by atoms with Gasteiger partial charge in [-0.3, -0.25) is 9.69 Å². The highest BCUT2D eigenvalue weighted by Crippen LogP contribution is 2.53. The van der Waals surface area contributed by atoms with E-state index in [2.05, 4.69) is 99.6 Å². The quantitative estimate of drug-likeness (QED) is 0.120. The molecule has 2 aliphatic rings. The van der Waals surface area contributed by atoms with Crippen LogP contribution in [-0.2, 0) is 26.8 Å². The molecule has 1 fully saturated rings. The Hall–Kier alpha value is -5.04. The van der Waals surface area contributed by atoms with Crippen LogP contribution in [0, 0.1) is 0 Å². The number of nitrogens with zero attached hydrogens (tertiary/aromatic N) is 2. The number of rotatable bonds is 8. The number of benzene rings is 5. The van der Waals surface area contributed by atoms with Crippen LogP contribution in [0.15, 0.2) is 144 Å². The number of likely N-dealkylation sites (tertiary alicyclic amines) is 1. The summed E-state index contributed by atoms with van der Waals surface area (Å²) in [5, 5.41) is 2.35. The van der Waals surface area contributed by atoms with Crippen molar-refractivity contribution in [3.63, 3.8) is 0 Å². The predicted molar refractivity (Wildman–Crippen MR) is 202 cm³/mol. The minimum Gasteiger partial charge on any atom is -0.438 e. The molecule has 6 aromatic rings. The Morgan fingerprint density at radius 3 is 1.92 bits per heavy atom. The van der Waals surface area contributed by atoms with Crippen LogP contribution in [0.2, 0.25) is 0 Å². The molecule has 2 unspecified atom stereocenters. The number of amides is 1. The smallest absolute Gasteiger partial charge is 0.243 e. The van der Waals surface area contributed by atoms with E-state index in [4.69, 9.17) is 13.8 Å². The molecule has 6 heteroatoms. The maximum absolute atomic E-state index is 14.3. The van der Waals surface area contributed by atoms with Crippen molar-refractivity contribution >= 4 is 25.3 Å². The highest BCUT2D eigenvalue weighted by Gasteiger charge is 2.57. The van der Waals surface area contributed by atoms with E-state index in [0.29, 0.717) is 24.5 Å². The number of aromatic nitrogens is 1. The van der Waals surface area contributed by atoms with Crippen molar-refractivity contribution < 1.29 is 13.6 Å². The summed E-state index contributed by atoms with van der Waals surface area (Å²) >= 11 is 0. The van der Waals surface area contributed by atoms with Gasteiger partial charge in [-0.25, -0.2) is 4.98 Å². The van der Waals surface area contributed by atoms with E-state index in [1.807, 2.05) is 65.6 Å². The van der Waals surface area contributed by atoms with Crippen molar-refractivity contribution in [2.75, 3.05) is 0 Å². The second-order valence-corrected chi connectivity index (χ2v) is 16.8. The number of hydrogen-bond donors (Lipinski definition) is 0. The third kappa shape index (κ3) is 5.72. The monoisotopic (exact) mass is 674 g/mol. The highest BCUT2D eigenvalue weighted by atomic mass is 28.3. The largest absolute Gasteiger partial charge is 0.438 e. The van der Waals surface area contributed by atoms with Crippen molar-refractivity contribution in [2.24, 2.45) is 0 Å². The summed E-state index contributed by atoms with van der Waals surface area (Å²) in [5.41, 5.74) is 5.33. The number of oxazole rings is 1. The lowest BCUT2D eigenvalue weighted by Gasteiger charge is -2.55.